The molecule has 0 radical (unpaired) electrons. The summed E-state index contributed by atoms with van der Waals surface area (Å²) in [6, 6.07) is 16.4. The highest BCUT2D eigenvalue weighted by Gasteiger charge is 2.47. The second-order valence-electron chi connectivity index (χ2n) is 9.73. The van der Waals surface area contributed by atoms with Gasteiger partial charge in [-0.2, -0.15) is 0 Å². The number of carbonyl (C=O) groups excluding carboxylic acids is 2. The van der Waals surface area contributed by atoms with Crippen LogP contribution in [0.15, 0.2) is 48.5 Å². The highest BCUT2D eigenvalue weighted by molar-refractivity contribution is 5.89. The number of benzene rings is 2. The van der Waals surface area contributed by atoms with Crippen LogP contribution in [0.25, 0.3) is 11.1 Å². The Kier molecular flexibility index (Phi) is 6.02. The lowest BCUT2D eigenvalue weighted by Gasteiger charge is -2.39. The van der Waals surface area contributed by atoms with Crippen LogP contribution in [0.5, 0.6) is 0 Å². The summed E-state index contributed by atoms with van der Waals surface area (Å²) in [6.45, 7) is 0.588. The van der Waals surface area contributed by atoms with E-state index in [9.17, 15) is 19.5 Å². The summed E-state index contributed by atoms with van der Waals surface area (Å²) >= 11 is 0. The van der Waals surface area contributed by atoms with E-state index >= 15 is 0 Å². The lowest BCUT2D eigenvalue weighted by molar-refractivity contribution is -0.152. The molecule has 0 bridgehead atoms. The van der Waals surface area contributed by atoms with Gasteiger partial charge in [0.25, 0.3) is 0 Å². The number of carbonyl (C=O) groups is 3. The number of carboxylic acid groups (broad SMARTS) is 1. The van der Waals surface area contributed by atoms with Crippen molar-refractivity contribution < 1.29 is 24.2 Å². The largest absolute Gasteiger partial charge is 0.480 e. The topological polar surface area (TPSA) is 105 Å². The number of ether oxygens (including phenoxy) is 1. The monoisotopic (exact) mass is 462 g/mol. The highest BCUT2D eigenvalue weighted by atomic mass is 16.5. The average molecular weight is 463 g/mol. The standard InChI is InChI=1S/C27H30N2O5/c30-24(29-27(25(31)32)13-6-14-27)18-12-5-7-17(18)15-28-26(33)34-16-23-21-10-3-1-8-19(21)20-9-2-4-11-22(20)23/h1-4,8-11,17-18,23H,5-7,12-16H2,(H,28,33)(H,29,30)(H,31,32)/t17-,18-/m0/s1. The first-order chi connectivity index (χ1) is 16.5. The molecule has 5 rings (SSSR count). The number of hydrogen-bond acceptors (Lipinski definition) is 4. The second kappa shape index (κ2) is 9.12. The van der Waals surface area contributed by atoms with Crippen LogP contribution in [0.4, 0.5) is 4.79 Å². The van der Waals surface area contributed by atoms with E-state index in [-0.39, 0.29) is 30.3 Å². The molecule has 0 unspecified atom stereocenters. The van der Waals surface area contributed by atoms with Gasteiger partial charge in [-0.15, -0.1) is 0 Å². The summed E-state index contributed by atoms with van der Waals surface area (Å²) < 4.78 is 5.61. The molecule has 0 spiro atoms. The molecule has 3 aliphatic carbocycles. The van der Waals surface area contributed by atoms with E-state index in [0.717, 1.165) is 30.4 Å². The van der Waals surface area contributed by atoms with E-state index in [1.54, 1.807) is 0 Å². The third-order valence-electron chi connectivity index (χ3n) is 7.83. The normalized spacial score (nSPS) is 22.2. The summed E-state index contributed by atoms with van der Waals surface area (Å²) in [7, 11) is 0. The fraction of sp³-hybridized carbons (Fsp3) is 0.444. The van der Waals surface area contributed by atoms with Gasteiger partial charge in [0, 0.05) is 18.4 Å². The molecular weight excluding hydrogens is 432 g/mol. The molecule has 0 heterocycles. The van der Waals surface area contributed by atoms with Crippen LogP contribution in [0.2, 0.25) is 0 Å². The van der Waals surface area contributed by atoms with Gasteiger partial charge in [0.2, 0.25) is 5.91 Å². The van der Waals surface area contributed by atoms with Crippen LogP contribution in [0.3, 0.4) is 0 Å². The van der Waals surface area contributed by atoms with Crippen molar-refractivity contribution in [2.24, 2.45) is 11.8 Å². The zero-order valence-corrected chi connectivity index (χ0v) is 19.1. The van der Waals surface area contributed by atoms with Gasteiger partial charge >= 0.3 is 12.1 Å². The van der Waals surface area contributed by atoms with Crippen LogP contribution in [0, 0.1) is 11.8 Å². The number of fused-ring (bicyclic) bond motifs is 3. The first-order valence-corrected chi connectivity index (χ1v) is 12.1. The smallest absolute Gasteiger partial charge is 0.407 e. The predicted octanol–water partition coefficient (Wildman–Crippen LogP) is 4.06. The number of alkyl carbamates (subject to hydrolysis) is 1. The molecule has 7 heteroatoms. The number of nitrogens with one attached hydrogen (secondary N) is 2. The Hall–Kier alpha value is -3.35. The molecule has 3 aliphatic rings. The minimum Gasteiger partial charge on any atom is -0.480 e. The van der Waals surface area contributed by atoms with Gasteiger partial charge in [0.15, 0.2) is 0 Å². The van der Waals surface area contributed by atoms with Crippen LogP contribution >= 0.6 is 0 Å². The Morgan fingerprint density at radius 3 is 2.18 bits per heavy atom. The molecule has 0 saturated heterocycles. The first-order valence-electron chi connectivity index (χ1n) is 12.1. The lowest BCUT2D eigenvalue weighted by Crippen LogP contribution is -2.60. The van der Waals surface area contributed by atoms with E-state index < -0.39 is 17.6 Å². The number of rotatable bonds is 7. The van der Waals surface area contributed by atoms with E-state index in [1.807, 2.05) is 24.3 Å². The van der Waals surface area contributed by atoms with Crippen LogP contribution in [-0.2, 0) is 14.3 Å². The lowest BCUT2D eigenvalue weighted by atomic mass is 9.76. The summed E-state index contributed by atoms with van der Waals surface area (Å²) in [6.07, 6.45) is 3.68. The van der Waals surface area contributed by atoms with Crippen molar-refractivity contribution in [3.05, 3.63) is 59.7 Å². The minimum absolute atomic E-state index is 0.00200. The number of amides is 2. The van der Waals surface area contributed by atoms with E-state index in [0.29, 0.717) is 25.8 Å². The highest BCUT2D eigenvalue weighted by Crippen LogP contribution is 2.44. The van der Waals surface area contributed by atoms with Gasteiger partial charge in [-0.1, -0.05) is 55.0 Å². The Bertz CT molecular complexity index is 1060. The van der Waals surface area contributed by atoms with E-state index in [1.165, 1.54) is 11.1 Å². The van der Waals surface area contributed by atoms with Gasteiger partial charge in [-0.05, 0) is 60.3 Å². The van der Waals surface area contributed by atoms with Crippen LogP contribution in [-0.4, -0.2) is 41.8 Å². The molecule has 2 fully saturated rings. The van der Waals surface area contributed by atoms with Gasteiger partial charge < -0.3 is 20.5 Å². The Balaban J connectivity index is 1.15. The summed E-state index contributed by atoms with van der Waals surface area (Å²) in [5, 5.41) is 15.1. The average Bonchev–Trinajstić information content (AvgIpc) is 3.41. The molecule has 3 N–H and O–H groups in total. The van der Waals surface area contributed by atoms with Gasteiger partial charge in [0.1, 0.15) is 12.1 Å². The van der Waals surface area contributed by atoms with Crippen LogP contribution < -0.4 is 10.6 Å². The van der Waals surface area contributed by atoms with E-state index in [2.05, 4.69) is 34.9 Å². The van der Waals surface area contributed by atoms with Crippen molar-refractivity contribution in [1.82, 2.24) is 10.6 Å². The maximum atomic E-state index is 12.8. The Morgan fingerprint density at radius 2 is 1.59 bits per heavy atom. The third-order valence-corrected chi connectivity index (χ3v) is 7.83. The third kappa shape index (κ3) is 4.04. The van der Waals surface area contributed by atoms with Crippen molar-refractivity contribution in [2.75, 3.05) is 13.2 Å². The molecule has 0 aromatic heterocycles. The number of hydrogen-bond donors (Lipinski definition) is 3. The predicted molar refractivity (Wildman–Crippen MR) is 126 cm³/mol. The van der Waals surface area contributed by atoms with Crippen molar-refractivity contribution in [3.63, 3.8) is 0 Å². The number of carboxylic acids is 1. The Labute approximate surface area is 198 Å². The Morgan fingerprint density at radius 1 is 0.941 bits per heavy atom. The maximum Gasteiger partial charge on any atom is 0.407 e. The fourth-order valence-electron chi connectivity index (χ4n) is 5.74. The fourth-order valence-corrected chi connectivity index (χ4v) is 5.74. The molecule has 2 aromatic rings. The van der Waals surface area contributed by atoms with Crippen molar-refractivity contribution in [1.29, 1.82) is 0 Å². The SMILES string of the molecule is O=C(NC[C@@H]1CCC[C@@H]1C(=O)NC1(C(=O)O)CCC1)OCC1c2ccccc2-c2ccccc21. The maximum absolute atomic E-state index is 12.8. The van der Waals surface area contributed by atoms with Crippen molar-refractivity contribution in [3.8, 4) is 11.1 Å². The second-order valence-corrected chi connectivity index (χ2v) is 9.73. The number of aliphatic carboxylic acids is 1. The zero-order chi connectivity index (χ0) is 23.7. The molecule has 0 aliphatic heterocycles. The molecule has 34 heavy (non-hydrogen) atoms. The van der Waals surface area contributed by atoms with Gasteiger partial charge in [-0.25, -0.2) is 9.59 Å². The van der Waals surface area contributed by atoms with E-state index in [4.69, 9.17) is 4.74 Å². The molecule has 2 atom stereocenters. The summed E-state index contributed by atoms with van der Waals surface area (Å²) in [4.78, 5) is 36.9. The van der Waals surface area contributed by atoms with Crippen molar-refractivity contribution >= 4 is 18.0 Å². The summed E-state index contributed by atoms with van der Waals surface area (Å²) in [5.41, 5.74) is 3.57. The van der Waals surface area contributed by atoms with Crippen LogP contribution in [0.1, 0.15) is 55.6 Å². The quantitative estimate of drug-likeness (QED) is 0.576. The van der Waals surface area contributed by atoms with Crippen molar-refractivity contribution in [2.45, 2.75) is 50.0 Å². The van der Waals surface area contributed by atoms with Gasteiger partial charge in [-0.3, -0.25) is 4.79 Å². The molecule has 2 aromatic carbocycles. The zero-order valence-electron chi connectivity index (χ0n) is 19.1. The molecule has 2 saturated carbocycles. The molecule has 2 amide bonds. The molecular formula is C27H30N2O5. The minimum atomic E-state index is -1.11. The van der Waals surface area contributed by atoms with Gasteiger partial charge in [0.05, 0.1) is 0 Å². The first kappa shape index (κ1) is 22.4. The molecule has 7 nitrogen and oxygen atoms in total. The molecule has 178 valence electrons. The summed E-state index contributed by atoms with van der Waals surface area (Å²) in [5.74, 6) is -1.48.